The number of benzene rings is 1. The lowest BCUT2D eigenvalue weighted by Crippen LogP contribution is -2.35. The molecule has 3 heterocycles. The van der Waals surface area contributed by atoms with Crippen LogP contribution in [0.3, 0.4) is 0 Å². The van der Waals surface area contributed by atoms with Crippen LogP contribution in [0.25, 0.3) is 0 Å². The second-order valence-electron chi connectivity index (χ2n) is 10.8. The Morgan fingerprint density at radius 2 is 1.89 bits per heavy atom. The van der Waals surface area contributed by atoms with Gasteiger partial charge in [0.05, 0.1) is 18.8 Å². The zero-order chi connectivity index (χ0) is 33.0. The molecule has 0 spiro atoms. The van der Waals surface area contributed by atoms with Crippen molar-refractivity contribution in [2.45, 2.75) is 43.4 Å². The summed E-state index contributed by atoms with van der Waals surface area (Å²) in [5, 5.41) is 5.97. The first-order valence-electron chi connectivity index (χ1n) is 13.7. The molecule has 7 nitrogen and oxygen atoms in total. The van der Waals surface area contributed by atoms with Crippen LogP contribution >= 0.6 is 15.9 Å². The average Bonchev–Trinajstić information content (AvgIpc) is 3.64. The number of ether oxygens (including phenoxy) is 1. The van der Waals surface area contributed by atoms with Crippen LogP contribution < -0.4 is 10.1 Å². The van der Waals surface area contributed by atoms with Crippen molar-refractivity contribution in [2.75, 3.05) is 7.11 Å². The molecule has 0 bridgehead atoms. The number of halogens is 8. The van der Waals surface area contributed by atoms with Crippen LogP contribution in [0.4, 0.5) is 30.7 Å². The number of carbonyl (C=O) groups excluding carboxylic acids is 1. The van der Waals surface area contributed by atoms with Crippen molar-refractivity contribution in [3.8, 4) is 17.7 Å². The van der Waals surface area contributed by atoms with Gasteiger partial charge < -0.3 is 10.1 Å². The van der Waals surface area contributed by atoms with E-state index < -0.39 is 71.0 Å². The third-order valence-electron chi connectivity index (χ3n) is 7.67. The Bertz CT molecular complexity index is 1880. The Hall–Kier alpha value is -4.45. The maximum atomic E-state index is 15.0. The van der Waals surface area contributed by atoms with Crippen molar-refractivity contribution in [3.05, 3.63) is 104 Å². The molecule has 238 valence electrons. The molecule has 1 fully saturated rings. The monoisotopic (exact) mass is 707 g/mol. The number of pyridine rings is 2. The van der Waals surface area contributed by atoms with Gasteiger partial charge in [0.25, 0.3) is 5.92 Å². The van der Waals surface area contributed by atoms with E-state index in [1.165, 1.54) is 13.3 Å². The number of rotatable bonds is 7. The molecular formula is C31H21BrF7N5O2. The van der Waals surface area contributed by atoms with Crippen molar-refractivity contribution < 1.29 is 40.3 Å². The number of nitrogens with one attached hydrogen (secondary N) is 1. The summed E-state index contributed by atoms with van der Waals surface area (Å²) in [5.74, 6) is -2.46. The van der Waals surface area contributed by atoms with Crippen molar-refractivity contribution >= 4 is 21.8 Å². The summed E-state index contributed by atoms with van der Waals surface area (Å²) in [6.07, 6.45) is -3.84. The van der Waals surface area contributed by atoms with Gasteiger partial charge in [0, 0.05) is 39.8 Å². The van der Waals surface area contributed by atoms with E-state index in [1.54, 1.807) is 24.3 Å². The Labute approximate surface area is 265 Å². The number of amides is 1. The van der Waals surface area contributed by atoms with Gasteiger partial charge in [0.2, 0.25) is 11.8 Å². The quantitative estimate of drug-likeness (QED) is 0.177. The van der Waals surface area contributed by atoms with E-state index in [9.17, 15) is 26.7 Å². The van der Waals surface area contributed by atoms with Crippen molar-refractivity contribution in [2.24, 2.45) is 5.92 Å². The van der Waals surface area contributed by atoms with Crippen LogP contribution in [-0.2, 0) is 29.9 Å². The molecule has 0 aliphatic heterocycles. The molecule has 46 heavy (non-hydrogen) atoms. The fourth-order valence-corrected chi connectivity index (χ4v) is 6.13. The van der Waals surface area contributed by atoms with Crippen molar-refractivity contribution in [1.29, 1.82) is 0 Å². The molecule has 0 unspecified atom stereocenters. The minimum atomic E-state index is -5.00. The molecule has 6 rings (SSSR count). The zero-order valence-electron chi connectivity index (χ0n) is 23.6. The van der Waals surface area contributed by atoms with Crippen molar-refractivity contribution in [3.63, 3.8) is 0 Å². The topological polar surface area (TPSA) is 81.9 Å². The molecule has 1 N–H and O–H groups in total. The van der Waals surface area contributed by atoms with Gasteiger partial charge in [0.1, 0.15) is 29.6 Å². The number of methoxy groups -OCH3 is 1. The lowest BCUT2D eigenvalue weighted by molar-refractivity contribution is -0.142. The largest absolute Gasteiger partial charge is 0.481 e. The highest BCUT2D eigenvalue weighted by Gasteiger charge is 2.68. The highest BCUT2D eigenvalue weighted by molar-refractivity contribution is 9.10. The molecule has 4 aromatic rings. The molecule has 3 aromatic heterocycles. The van der Waals surface area contributed by atoms with Gasteiger partial charge in [-0.25, -0.2) is 18.7 Å². The summed E-state index contributed by atoms with van der Waals surface area (Å²) in [6.45, 7) is -0.969. The molecule has 1 amide bonds. The molecule has 2 aliphatic rings. The van der Waals surface area contributed by atoms with Crippen LogP contribution in [0, 0.1) is 29.4 Å². The van der Waals surface area contributed by atoms with E-state index in [1.807, 2.05) is 0 Å². The summed E-state index contributed by atoms with van der Waals surface area (Å²) < 4.78 is 105. The molecule has 1 aromatic carbocycles. The molecule has 2 aliphatic carbocycles. The number of hydrogen-bond donors (Lipinski definition) is 1. The van der Waals surface area contributed by atoms with Crippen LogP contribution in [0.15, 0.2) is 53.1 Å². The number of fused-ring (bicyclic) bond motifs is 3. The number of alkyl halides is 5. The Kier molecular flexibility index (Phi) is 8.04. The van der Waals surface area contributed by atoms with E-state index in [0.717, 1.165) is 12.1 Å². The Morgan fingerprint density at radius 1 is 1.15 bits per heavy atom. The lowest BCUT2D eigenvalue weighted by atomic mass is 10.0. The predicted molar refractivity (Wildman–Crippen MR) is 152 cm³/mol. The summed E-state index contributed by atoms with van der Waals surface area (Å²) in [4.78, 5) is 21.9. The minimum Gasteiger partial charge on any atom is -0.481 e. The lowest BCUT2D eigenvalue weighted by Gasteiger charge is -2.21. The fourth-order valence-electron chi connectivity index (χ4n) is 5.63. The molecular weight excluding hydrogens is 687 g/mol. The number of hydrogen-bond acceptors (Lipinski definition) is 5. The third-order valence-corrected chi connectivity index (χ3v) is 8.35. The third kappa shape index (κ3) is 6.18. The van der Waals surface area contributed by atoms with E-state index in [4.69, 9.17) is 4.74 Å². The molecule has 0 radical (unpaired) electrons. The van der Waals surface area contributed by atoms with Gasteiger partial charge in [-0.3, -0.25) is 9.48 Å². The van der Waals surface area contributed by atoms with Gasteiger partial charge in [-0.1, -0.05) is 5.92 Å². The normalized spacial score (nSPS) is 18.2. The van der Waals surface area contributed by atoms with E-state index in [-0.39, 0.29) is 29.8 Å². The smallest absolute Gasteiger partial charge is 0.435 e. The average molecular weight is 708 g/mol. The van der Waals surface area contributed by atoms with Gasteiger partial charge >= 0.3 is 6.18 Å². The standard InChI is InChI=1S/C31H21BrF7N5O2/c1-46-25-7-3-15(13-40-25)2-4-19-5-6-22(32)27(41-19)23(10-16-8-17(33)11-18(34)9-16)42-24(45)14-44-29-26(28(43-44)31(37,38)39)20-12-21(20)30(29,35)36/h3,5-9,11,13,20-21,23H,10,12,14H2,1H3,(H,42,45)/t20-,21+,23-/m0/s1. The molecule has 3 atom stereocenters. The first-order chi connectivity index (χ1) is 21.7. The zero-order valence-corrected chi connectivity index (χ0v) is 25.2. The van der Waals surface area contributed by atoms with Crippen LogP contribution in [0.2, 0.25) is 0 Å². The Balaban J connectivity index is 1.32. The molecule has 1 saturated carbocycles. The second kappa shape index (κ2) is 11.7. The molecule has 0 saturated heterocycles. The summed E-state index contributed by atoms with van der Waals surface area (Å²) in [7, 11) is 1.47. The van der Waals surface area contributed by atoms with Crippen LogP contribution in [-0.4, -0.2) is 32.8 Å². The van der Waals surface area contributed by atoms with Crippen LogP contribution in [0.1, 0.15) is 57.8 Å². The fraction of sp³-hybridized carbons (Fsp3) is 0.290. The first kappa shape index (κ1) is 31.5. The minimum absolute atomic E-state index is 0.0961. The maximum absolute atomic E-state index is 15.0. The van der Waals surface area contributed by atoms with E-state index in [2.05, 4.69) is 48.2 Å². The maximum Gasteiger partial charge on any atom is 0.435 e. The van der Waals surface area contributed by atoms with Gasteiger partial charge in [-0.15, -0.1) is 0 Å². The van der Waals surface area contributed by atoms with Crippen molar-refractivity contribution in [1.82, 2.24) is 25.1 Å². The number of nitrogens with zero attached hydrogens (tertiary/aromatic N) is 4. The van der Waals surface area contributed by atoms with Gasteiger partial charge in [-0.2, -0.15) is 27.1 Å². The predicted octanol–water partition coefficient (Wildman–Crippen LogP) is 6.45. The van der Waals surface area contributed by atoms with Crippen LogP contribution in [0.5, 0.6) is 5.88 Å². The summed E-state index contributed by atoms with van der Waals surface area (Å²) in [6, 6.07) is 8.04. The van der Waals surface area contributed by atoms with Gasteiger partial charge in [0.15, 0.2) is 5.69 Å². The summed E-state index contributed by atoms with van der Waals surface area (Å²) >= 11 is 3.36. The number of carbonyl (C=O) groups is 1. The van der Waals surface area contributed by atoms with E-state index >= 15 is 8.78 Å². The summed E-state index contributed by atoms with van der Waals surface area (Å²) in [5.41, 5.74) is -1.90. The first-order valence-corrected chi connectivity index (χ1v) is 14.5. The highest BCUT2D eigenvalue weighted by Crippen LogP contribution is 2.68. The Morgan fingerprint density at radius 3 is 2.54 bits per heavy atom. The van der Waals surface area contributed by atoms with E-state index in [0.29, 0.717) is 26.7 Å². The molecule has 15 heteroatoms. The van der Waals surface area contributed by atoms with Gasteiger partial charge in [-0.05, 0) is 76.5 Å². The second-order valence-corrected chi connectivity index (χ2v) is 11.7. The highest BCUT2D eigenvalue weighted by atomic mass is 79.9. The SMILES string of the molecule is COc1ccc(C#Cc2ccc(Br)c([C@H](Cc3cc(F)cc(F)c3)NC(=O)Cn3nc(C(F)(F)F)c4c3C(F)(F)[C@@H]3C[C@H]43)n2)cn1. The number of aromatic nitrogens is 4.